The molecule has 0 radical (unpaired) electrons. The SMILES string of the molecule is CCC(CC(C)c1ccccc1)OC(=O)O. The fourth-order valence-electron chi connectivity index (χ4n) is 1.75. The second-order valence-electron chi connectivity index (χ2n) is 3.96. The number of rotatable bonds is 5. The van der Waals surface area contributed by atoms with Gasteiger partial charge in [-0.05, 0) is 24.3 Å². The maximum atomic E-state index is 10.5. The van der Waals surface area contributed by atoms with E-state index in [-0.39, 0.29) is 6.10 Å². The number of ether oxygens (including phenoxy) is 1. The number of hydrogen-bond donors (Lipinski definition) is 1. The smallest absolute Gasteiger partial charge is 0.450 e. The van der Waals surface area contributed by atoms with Crippen LogP contribution in [0.3, 0.4) is 0 Å². The molecule has 0 aliphatic rings. The van der Waals surface area contributed by atoms with Crippen LogP contribution >= 0.6 is 0 Å². The lowest BCUT2D eigenvalue weighted by Crippen LogP contribution is -2.18. The Morgan fingerprint density at radius 2 is 2.00 bits per heavy atom. The van der Waals surface area contributed by atoms with Crippen molar-refractivity contribution in [3.63, 3.8) is 0 Å². The van der Waals surface area contributed by atoms with Gasteiger partial charge < -0.3 is 9.84 Å². The molecule has 0 heterocycles. The Bertz CT molecular complexity index is 321. The van der Waals surface area contributed by atoms with E-state index in [0.29, 0.717) is 12.3 Å². The van der Waals surface area contributed by atoms with Crippen molar-refractivity contribution in [1.82, 2.24) is 0 Å². The van der Waals surface area contributed by atoms with Gasteiger partial charge in [0.25, 0.3) is 0 Å². The lowest BCUT2D eigenvalue weighted by atomic mass is 9.94. The minimum Gasteiger partial charge on any atom is -0.450 e. The molecule has 1 rings (SSSR count). The van der Waals surface area contributed by atoms with E-state index in [1.54, 1.807) is 0 Å². The average molecular weight is 222 g/mol. The van der Waals surface area contributed by atoms with Gasteiger partial charge in [0.2, 0.25) is 0 Å². The fourth-order valence-corrected chi connectivity index (χ4v) is 1.75. The van der Waals surface area contributed by atoms with Crippen molar-refractivity contribution in [2.75, 3.05) is 0 Å². The summed E-state index contributed by atoms with van der Waals surface area (Å²) < 4.78 is 4.81. The molecule has 0 aliphatic heterocycles. The zero-order chi connectivity index (χ0) is 12.0. The minimum atomic E-state index is -1.19. The van der Waals surface area contributed by atoms with Crippen LogP contribution in [0.1, 0.15) is 38.2 Å². The second kappa shape index (κ2) is 6.16. The third kappa shape index (κ3) is 3.93. The van der Waals surface area contributed by atoms with E-state index in [4.69, 9.17) is 9.84 Å². The molecule has 0 fully saturated rings. The minimum absolute atomic E-state index is 0.215. The molecule has 88 valence electrons. The lowest BCUT2D eigenvalue weighted by Gasteiger charge is -2.18. The normalized spacial score (nSPS) is 14.1. The zero-order valence-corrected chi connectivity index (χ0v) is 9.72. The van der Waals surface area contributed by atoms with Gasteiger partial charge in [0, 0.05) is 0 Å². The Morgan fingerprint density at radius 1 is 1.38 bits per heavy atom. The molecule has 0 aromatic heterocycles. The van der Waals surface area contributed by atoms with Gasteiger partial charge in [-0.3, -0.25) is 0 Å². The van der Waals surface area contributed by atoms with E-state index in [0.717, 1.165) is 6.42 Å². The number of carboxylic acid groups (broad SMARTS) is 1. The first kappa shape index (κ1) is 12.6. The summed E-state index contributed by atoms with van der Waals surface area (Å²) in [6.07, 6.45) is 0.0378. The maximum absolute atomic E-state index is 10.5. The van der Waals surface area contributed by atoms with Gasteiger partial charge in [0.05, 0.1) is 0 Å². The van der Waals surface area contributed by atoms with Gasteiger partial charge in [0.15, 0.2) is 0 Å². The van der Waals surface area contributed by atoms with E-state index in [1.807, 2.05) is 25.1 Å². The van der Waals surface area contributed by atoms with E-state index < -0.39 is 6.16 Å². The molecule has 0 saturated heterocycles. The van der Waals surface area contributed by atoms with Crippen molar-refractivity contribution in [3.8, 4) is 0 Å². The molecule has 0 spiro atoms. The molecule has 0 amide bonds. The first-order valence-corrected chi connectivity index (χ1v) is 5.58. The third-order valence-electron chi connectivity index (χ3n) is 2.71. The van der Waals surface area contributed by atoms with Crippen molar-refractivity contribution in [2.45, 2.75) is 38.7 Å². The van der Waals surface area contributed by atoms with Crippen molar-refractivity contribution in [2.24, 2.45) is 0 Å². The van der Waals surface area contributed by atoms with Gasteiger partial charge in [-0.2, -0.15) is 0 Å². The highest BCUT2D eigenvalue weighted by Gasteiger charge is 2.16. The molecule has 1 aromatic carbocycles. The summed E-state index contributed by atoms with van der Waals surface area (Å²) >= 11 is 0. The summed E-state index contributed by atoms with van der Waals surface area (Å²) in [6.45, 7) is 4.02. The van der Waals surface area contributed by atoms with Crippen LogP contribution in [0, 0.1) is 0 Å². The van der Waals surface area contributed by atoms with Crippen LogP contribution in [-0.2, 0) is 4.74 Å². The Hall–Kier alpha value is -1.51. The van der Waals surface area contributed by atoms with Crippen LogP contribution in [-0.4, -0.2) is 17.4 Å². The molecular weight excluding hydrogens is 204 g/mol. The standard InChI is InChI=1S/C13H18O3/c1-3-12(16-13(14)15)9-10(2)11-7-5-4-6-8-11/h4-8,10,12H,3,9H2,1-2H3,(H,14,15). The molecule has 0 bridgehead atoms. The van der Waals surface area contributed by atoms with Crippen molar-refractivity contribution >= 4 is 6.16 Å². The molecule has 3 nitrogen and oxygen atoms in total. The van der Waals surface area contributed by atoms with E-state index in [2.05, 4.69) is 19.1 Å². The molecule has 2 unspecified atom stereocenters. The second-order valence-corrected chi connectivity index (χ2v) is 3.96. The lowest BCUT2D eigenvalue weighted by molar-refractivity contribution is 0.0442. The van der Waals surface area contributed by atoms with Gasteiger partial charge in [0.1, 0.15) is 6.10 Å². The molecule has 0 saturated carbocycles. The highest BCUT2D eigenvalue weighted by molar-refractivity contribution is 5.57. The summed E-state index contributed by atoms with van der Waals surface area (Å²) in [5.74, 6) is 0.311. The molecule has 16 heavy (non-hydrogen) atoms. The van der Waals surface area contributed by atoms with Crippen molar-refractivity contribution in [3.05, 3.63) is 35.9 Å². The summed E-state index contributed by atoms with van der Waals surface area (Å²) in [4.78, 5) is 10.5. The Labute approximate surface area is 96.1 Å². The van der Waals surface area contributed by atoms with Crippen LogP contribution in [0.5, 0.6) is 0 Å². The van der Waals surface area contributed by atoms with Crippen LogP contribution in [0.2, 0.25) is 0 Å². The van der Waals surface area contributed by atoms with E-state index >= 15 is 0 Å². The predicted molar refractivity (Wildman–Crippen MR) is 62.7 cm³/mol. The van der Waals surface area contributed by atoms with E-state index in [1.165, 1.54) is 5.56 Å². The third-order valence-corrected chi connectivity index (χ3v) is 2.71. The monoisotopic (exact) mass is 222 g/mol. The van der Waals surface area contributed by atoms with Crippen molar-refractivity contribution < 1.29 is 14.6 Å². The van der Waals surface area contributed by atoms with Crippen LogP contribution in [0.25, 0.3) is 0 Å². The van der Waals surface area contributed by atoms with Crippen molar-refractivity contribution in [1.29, 1.82) is 0 Å². The van der Waals surface area contributed by atoms with Gasteiger partial charge in [-0.25, -0.2) is 4.79 Å². The van der Waals surface area contributed by atoms with Crippen LogP contribution in [0.15, 0.2) is 30.3 Å². The van der Waals surface area contributed by atoms with Gasteiger partial charge in [-0.15, -0.1) is 0 Å². The first-order chi connectivity index (χ1) is 7.63. The topological polar surface area (TPSA) is 46.5 Å². The van der Waals surface area contributed by atoms with Crippen LogP contribution < -0.4 is 0 Å². The predicted octanol–water partition coefficient (Wildman–Crippen LogP) is 3.65. The quantitative estimate of drug-likeness (QED) is 0.773. The Kier molecular flexibility index (Phi) is 4.83. The van der Waals surface area contributed by atoms with Gasteiger partial charge >= 0.3 is 6.16 Å². The molecule has 1 aromatic rings. The summed E-state index contributed by atoms with van der Waals surface area (Å²) in [5.41, 5.74) is 1.22. The molecule has 2 atom stereocenters. The maximum Gasteiger partial charge on any atom is 0.506 e. The van der Waals surface area contributed by atoms with Gasteiger partial charge in [-0.1, -0.05) is 44.2 Å². The summed E-state index contributed by atoms with van der Waals surface area (Å²) in [6, 6.07) is 10.1. The number of carbonyl (C=O) groups is 1. The zero-order valence-electron chi connectivity index (χ0n) is 9.72. The summed E-state index contributed by atoms with van der Waals surface area (Å²) in [7, 11) is 0. The fraction of sp³-hybridized carbons (Fsp3) is 0.462. The Balaban J connectivity index is 2.55. The van der Waals surface area contributed by atoms with Crippen LogP contribution in [0.4, 0.5) is 4.79 Å². The highest BCUT2D eigenvalue weighted by Crippen LogP contribution is 2.22. The average Bonchev–Trinajstić information content (AvgIpc) is 2.28. The first-order valence-electron chi connectivity index (χ1n) is 5.58. The summed E-state index contributed by atoms with van der Waals surface area (Å²) in [5, 5.41) is 8.58. The molecule has 1 N–H and O–H groups in total. The molecule has 3 heteroatoms. The molecule has 0 aliphatic carbocycles. The molecular formula is C13H18O3. The largest absolute Gasteiger partial charge is 0.506 e. The Morgan fingerprint density at radius 3 is 2.50 bits per heavy atom. The number of hydrogen-bond acceptors (Lipinski definition) is 2. The highest BCUT2D eigenvalue weighted by atomic mass is 16.7. The van der Waals surface area contributed by atoms with E-state index in [9.17, 15) is 4.79 Å². The number of benzene rings is 1.